The monoisotopic (exact) mass is 303 g/mol. The van der Waals surface area contributed by atoms with Crippen molar-refractivity contribution in [3.05, 3.63) is 58.1 Å². The molecule has 0 radical (unpaired) electrons. The van der Waals surface area contributed by atoms with Gasteiger partial charge in [0.05, 0.1) is 12.3 Å². The summed E-state index contributed by atoms with van der Waals surface area (Å²) in [6.07, 6.45) is 1.00. The van der Waals surface area contributed by atoms with E-state index < -0.39 is 0 Å². The van der Waals surface area contributed by atoms with Crippen LogP contribution in [-0.2, 0) is 6.54 Å². The Bertz CT molecular complexity index is 610. The SMILES string of the molecule is CCCOc1cc(C)ccc1NCc1ccc(C)c(Cl)c1. The summed E-state index contributed by atoms with van der Waals surface area (Å²) in [4.78, 5) is 0. The smallest absolute Gasteiger partial charge is 0.142 e. The van der Waals surface area contributed by atoms with Crippen LogP contribution in [0.1, 0.15) is 30.0 Å². The van der Waals surface area contributed by atoms with Crippen molar-refractivity contribution in [1.29, 1.82) is 0 Å². The van der Waals surface area contributed by atoms with Crippen molar-refractivity contribution < 1.29 is 4.74 Å². The molecule has 0 saturated carbocycles. The largest absolute Gasteiger partial charge is 0.491 e. The molecule has 112 valence electrons. The first-order valence-electron chi connectivity index (χ1n) is 7.32. The molecule has 21 heavy (non-hydrogen) atoms. The van der Waals surface area contributed by atoms with Crippen LogP contribution in [0.2, 0.25) is 5.02 Å². The standard InChI is InChI=1S/C18H22ClNO/c1-4-9-21-18-10-13(2)5-8-17(18)20-12-15-7-6-14(3)16(19)11-15/h5-8,10-11,20H,4,9,12H2,1-3H3. The molecule has 2 rings (SSSR count). The lowest BCUT2D eigenvalue weighted by Crippen LogP contribution is -2.04. The molecule has 0 aliphatic rings. The first-order valence-corrected chi connectivity index (χ1v) is 7.70. The first kappa shape index (κ1) is 15.7. The van der Waals surface area contributed by atoms with E-state index in [4.69, 9.17) is 16.3 Å². The van der Waals surface area contributed by atoms with Crippen LogP contribution in [0.4, 0.5) is 5.69 Å². The van der Waals surface area contributed by atoms with Crippen LogP contribution in [0.15, 0.2) is 36.4 Å². The summed E-state index contributed by atoms with van der Waals surface area (Å²) in [5.74, 6) is 0.912. The number of halogens is 1. The van der Waals surface area contributed by atoms with Gasteiger partial charge in [-0.3, -0.25) is 0 Å². The van der Waals surface area contributed by atoms with Gasteiger partial charge in [-0.05, 0) is 55.2 Å². The Labute approximate surface area is 132 Å². The van der Waals surface area contributed by atoms with E-state index in [1.165, 1.54) is 5.56 Å². The van der Waals surface area contributed by atoms with Crippen LogP contribution in [0.5, 0.6) is 5.75 Å². The van der Waals surface area contributed by atoms with Gasteiger partial charge in [0.15, 0.2) is 0 Å². The molecular weight excluding hydrogens is 282 g/mol. The average Bonchev–Trinajstić information content (AvgIpc) is 2.47. The van der Waals surface area contributed by atoms with E-state index in [2.05, 4.69) is 43.4 Å². The lowest BCUT2D eigenvalue weighted by molar-refractivity contribution is 0.318. The molecule has 0 atom stereocenters. The lowest BCUT2D eigenvalue weighted by Gasteiger charge is -2.14. The molecule has 0 unspecified atom stereocenters. The Morgan fingerprint density at radius 3 is 2.62 bits per heavy atom. The molecule has 0 bridgehead atoms. The zero-order chi connectivity index (χ0) is 15.2. The minimum absolute atomic E-state index is 0.728. The summed E-state index contributed by atoms with van der Waals surface area (Å²) in [5.41, 5.74) is 4.48. The average molecular weight is 304 g/mol. The highest BCUT2D eigenvalue weighted by Crippen LogP contribution is 2.27. The zero-order valence-electron chi connectivity index (χ0n) is 12.9. The van der Waals surface area contributed by atoms with E-state index in [1.54, 1.807) is 0 Å². The van der Waals surface area contributed by atoms with Crippen molar-refractivity contribution in [1.82, 2.24) is 0 Å². The third-order valence-corrected chi connectivity index (χ3v) is 3.73. The third kappa shape index (κ3) is 4.40. The molecule has 0 amide bonds. The maximum atomic E-state index is 6.16. The minimum Gasteiger partial charge on any atom is -0.491 e. The summed E-state index contributed by atoms with van der Waals surface area (Å²) < 4.78 is 5.81. The predicted octanol–water partition coefficient (Wildman–Crippen LogP) is 5.36. The van der Waals surface area contributed by atoms with Gasteiger partial charge in [0, 0.05) is 11.6 Å². The molecule has 0 aliphatic heterocycles. The van der Waals surface area contributed by atoms with Gasteiger partial charge in [-0.2, -0.15) is 0 Å². The Kier molecular flexibility index (Phi) is 5.51. The van der Waals surface area contributed by atoms with Gasteiger partial charge in [-0.1, -0.05) is 36.7 Å². The fourth-order valence-corrected chi connectivity index (χ4v) is 2.25. The first-order chi connectivity index (χ1) is 10.1. The highest BCUT2D eigenvalue weighted by atomic mass is 35.5. The quantitative estimate of drug-likeness (QED) is 0.776. The molecule has 0 saturated heterocycles. The molecule has 2 nitrogen and oxygen atoms in total. The van der Waals surface area contributed by atoms with Crippen LogP contribution in [-0.4, -0.2) is 6.61 Å². The third-order valence-electron chi connectivity index (χ3n) is 3.32. The molecule has 1 N–H and O–H groups in total. The molecule has 0 spiro atoms. The summed E-state index contributed by atoms with van der Waals surface area (Å²) in [6, 6.07) is 12.4. The summed E-state index contributed by atoms with van der Waals surface area (Å²) >= 11 is 6.16. The van der Waals surface area contributed by atoms with E-state index in [0.717, 1.165) is 47.2 Å². The maximum absolute atomic E-state index is 6.16. The second-order valence-electron chi connectivity index (χ2n) is 5.29. The molecular formula is C18H22ClNO. The van der Waals surface area contributed by atoms with Crippen LogP contribution < -0.4 is 10.1 Å². The normalized spacial score (nSPS) is 10.5. The number of hydrogen-bond acceptors (Lipinski definition) is 2. The van der Waals surface area contributed by atoms with Gasteiger partial charge >= 0.3 is 0 Å². The van der Waals surface area contributed by atoms with Gasteiger partial charge in [0.25, 0.3) is 0 Å². The number of benzene rings is 2. The van der Waals surface area contributed by atoms with E-state index in [-0.39, 0.29) is 0 Å². The molecule has 0 aromatic heterocycles. The van der Waals surface area contributed by atoms with Crippen molar-refractivity contribution in [2.45, 2.75) is 33.7 Å². The van der Waals surface area contributed by atoms with E-state index in [9.17, 15) is 0 Å². The van der Waals surface area contributed by atoms with Crippen molar-refractivity contribution >= 4 is 17.3 Å². The predicted molar refractivity (Wildman–Crippen MR) is 90.5 cm³/mol. The molecule has 3 heteroatoms. The van der Waals surface area contributed by atoms with Crippen molar-refractivity contribution in [3.8, 4) is 5.75 Å². The highest BCUT2D eigenvalue weighted by Gasteiger charge is 2.05. The second-order valence-corrected chi connectivity index (χ2v) is 5.69. The lowest BCUT2D eigenvalue weighted by atomic mass is 10.1. The highest BCUT2D eigenvalue weighted by molar-refractivity contribution is 6.31. The van der Waals surface area contributed by atoms with Crippen molar-refractivity contribution in [2.24, 2.45) is 0 Å². The summed E-state index contributed by atoms with van der Waals surface area (Å²) in [6.45, 7) is 7.65. The molecule has 0 fully saturated rings. The van der Waals surface area contributed by atoms with Crippen molar-refractivity contribution in [3.63, 3.8) is 0 Å². The van der Waals surface area contributed by atoms with Gasteiger partial charge in [-0.15, -0.1) is 0 Å². The number of rotatable bonds is 6. The van der Waals surface area contributed by atoms with Crippen LogP contribution >= 0.6 is 11.6 Å². The fourth-order valence-electron chi connectivity index (χ4n) is 2.05. The van der Waals surface area contributed by atoms with Crippen LogP contribution in [0, 0.1) is 13.8 Å². The Hall–Kier alpha value is -1.67. The van der Waals surface area contributed by atoms with Gasteiger partial charge in [-0.25, -0.2) is 0 Å². The number of hydrogen-bond donors (Lipinski definition) is 1. The fraction of sp³-hybridized carbons (Fsp3) is 0.333. The van der Waals surface area contributed by atoms with Crippen molar-refractivity contribution in [2.75, 3.05) is 11.9 Å². The summed E-state index contributed by atoms with van der Waals surface area (Å²) in [5, 5.41) is 4.23. The molecule has 0 heterocycles. The number of ether oxygens (including phenoxy) is 1. The van der Waals surface area contributed by atoms with E-state index in [0.29, 0.717) is 0 Å². The number of nitrogens with one attached hydrogen (secondary N) is 1. The summed E-state index contributed by atoms with van der Waals surface area (Å²) in [7, 11) is 0. The van der Waals surface area contributed by atoms with Gasteiger partial charge < -0.3 is 10.1 Å². The molecule has 0 aliphatic carbocycles. The van der Waals surface area contributed by atoms with Crippen LogP contribution in [0.3, 0.4) is 0 Å². The van der Waals surface area contributed by atoms with E-state index >= 15 is 0 Å². The Morgan fingerprint density at radius 1 is 1.10 bits per heavy atom. The molecule has 2 aromatic rings. The maximum Gasteiger partial charge on any atom is 0.142 e. The number of aryl methyl sites for hydroxylation is 2. The van der Waals surface area contributed by atoms with Crippen LogP contribution in [0.25, 0.3) is 0 Å². The molecule has 2 aromatic carbocycles. The van der Waals surface area contributed by atoms with Gasteiger partial charge in [0.2, 0.25) is 0 Å². The zero-order valence-corrected chi connectivity index (χ0v) is 13.6. The Morgan fingerprint density at radius 2 is 1.90 bits per heavy atom. The topological polar surface area (TPSA) is 21.3 Å². The minimum atomic E-state index is 0.728. The second kappa shape index (κ2) is 7.37. The number of anilines is 1. The van der Waals surface area contributed by atoms with E-state index in [1.807, 2.05) is 19.1 Å². The Balaban J connectivity index is 2.09. The van der Waals surface area contributed by atoms with Gasteiger partial charge in [0.1, 0.15) is 5.75 Å².